The van der Waals surface area contributed by atoms with Crippen LogP contribution in [0.4, 0.5) is 10.1 Å². The quantitative estimate of drug-likeness (QED) is 0.438. The molecule has 1 aromatic heterocycles. The van der Waals surface area contributed by atoms with Crippen molar-refractivity contribution in [2.24, 2.45) is 5.92 Å². The molecule has 1 saturated carbocycles. The highest BCUT2D eigenvalue weighted by Crippen LogP contribution is 2.42. The van der Waals surface area contributed by atoms with E-state index in [1.165, 1.54) is 23.5 Å². The van der Waals surface area contributed by atoms with Gasteiger partial charge in [-0.1, -0.05) is 43.4 Å². The number of hydrogen-bond acceptors (Lipinski definition) is 6. The summed E-state index contributed by atoms with van der Waals surface area (Å²) in [6, 6.07) is 12.6. The molecule has 1 aliphatic carbocycles. The predicted molar refractivity (Wildman–Crippen MR) is 143 cm³/mol. The molecule has 0 radical (unpaired) electrons. The first-order valence-corrected chi connectivity index (χ1v) is 13.2. The number of halogens is 1. The Hall–Kier alpha value is -3.20. The van der Waals surface area contributed by atoms with E-state index >= 15 is 0 Å². The number of para-hydroxylation sites is 1. The van der Waals surface area contributed by atoms with Gasteiger partial charge in [0.25, 0.3) is 5.19 Å². The Morgan fingerprint density at radius 2 is 2.08 bits per heavy atom. The van der Waals surface area contributed by atoms with E-state index in [1.54, 1.807) is 17.0 Å². The van der Waals surface area contributed by atoms with Crippen LogP contribution in [-0.4, -0.2) is 52.0 Å². The second-order valence-corrected chi connectivity index (χ2v) is 11.1. The molecule has 0 bridgehead atoms. The summed E-state index contributed by atoms with van der Waals surface area (Å²) in [7, 11) is 0. The molecule has 2 fully saturated rings. The number of rotatable bonds is 8. The topological polar surface area (TPSA) is 83.6 Å². The van der Waals surface area contributed by atoms with E-state index in [0.29, 0.717) is 29.6 Å². The lowest BCUT2D eigenvalue weighted by molar-refractivity contribution is -0.139. The summed E-state index contributed by atoms with van der Waals surface area (Å²) in [5.41, 5.74) is 1.15. The number of anilines is 1. The van der Waals surface area contributed by atoms with E-state index in [-0.39, 0.29) is 38.7 Å². The van der Waals surface area contributed by atoms with Crippen molar-refractivity contribution >= 4 is 39.1 Å². The van der Waals surface area contributed by atoms with Crippen LogP contribution < -0.4 is 15.4 Å². The highest BCUT2D eigenvalue weighted by atomic mass is 32.1. The van der Waals surface area contributed by atoms with E-state index in [9.17, 15) is 14.0 Å². The van der Waals surface area contributed by atoms with Crippen LogP contribution in [0.15, 0.2) is 48.5 Å². The summed E-state index contributed by atoms with van der Waals surface area (Å²) in [6.45, 7) is 6.31. The Morgan fingerprint density at radius 3 is 2.78 bits per heavy atom. The Morgan fingerprint density at radius 1 is 1.31 bits per heavy atom. The Balaban J connectivity index is 0.00000200. The standard InChI is InChI=1S/C27H31FN4O3S.2H2/c1-4-20(29-18-9-7-8-17(28)12-18)25(34)32-15-19(13-22(32)24(33)31-27(3)14-16(27)2)35-26-30-21-10-5-6-11-23(21)36-26;;/h5-12,16,19-20,22,29H,4,13-15H2,1-3H3,(H,31,33);2*1H/t16-,19-,20+,22+,27-;;/m1../s1. The Kier molecular flexibility index (Phi) is 6.59. The molecule has 1 aliphatic heterocycles. The molecule has 2 N–H and O–H groups in total. The number of nitrogens with zero attached hydrogens (tertiary/aromatic N) is 2. The normalized spacial score (nSPS) is 26.0. The largest absolute Gasteiger partial charge is 0.465 e. The molecule has 36 heavy (non-hydrogen) atoms. The minimum Gasteiger partial charge on any atom is -0.465 e. The molecule has 5 rings (SSSR count). The molecule has 2 aliphatic rings. The number of ether oxygens (including phenoxy) is 1. The van der Waals surface area contributed by atoms with Gasteiger partial charge in [0.15, 0.2) is 0 Å². The average Bonchev–Trinajstić information content (AvgIpc) is 3.20. The first-order valence-electron chi connectivity index (χ1n) is 12.4. The number of benzene rings is 2. The summed E-state index contributed by atoms with van der Waals surface area (Å²) in [5.74, 6) is -0.339. The summed E-state index contributed by atoms with van der Waals surface area (Å²) in [6.07, 6.45) is 1.43. The number of carbonyl (C=O) groups excluding carboxylic acids is 2. The molecule has 2 amide bonds. The van der Waals surface area contributed by atoms with Crippen molar-refractivity contribution in [3.63, 3.8) is 0 Å². The monoisotopic (exact) mass is 514 g/mol. The molecule has 2 aromatic carbocycles. The van der Waals surface area contributed by atoms with Crippen LogP contribution in [0, 0.1) is 11.7 Å². The fraction of sp³-hybridized carbons (Fsp3) is 0.444. The van der Waals surface area contributed by atoms with Crippen molar-refractivity contribution in [2.45, 2.75) is 63.8 Å². The zero-order valence-corrected chi connectivity index (χ0v) is 21.5. The van der Waals surface area contributed by atoms with Gasteiger partial charge in [-0.25, -0.2) is 9.37 Å². The molecule has 194 valence electrons. The number of thiazole rings is 1. The van der Waals surface area contributed by atoms with E-state index in [2.05, 4.69) is 22.5 Å². The van der Waals surface area contributed by atoms with Gasteiger partial charge in [-0.3, -0.25) is 9.59 Å². The van der Waals surface area contributed by atoms with Crippen LogP contribution in [0.25, 0.3) is 10.2 Å². The van der Waals surface area contributed by atoms with Crippen molar-refractivity contribution in [3.8, 4) is 5.19 Å². The van der Waals surface area contributed by atoms with Crippen LogP contribution in [0.1, 0.15) is 42.9 Å². The number of fused-ring (bicyclic) bond motifs is 1. The van der Waals surface area contributed by atoms with Crippen LogP contribution in [-0.2, 0) is 9.59 Å². The molecular formula is C27H35FN4O3S. The third-order valence-electron chi connectivity index (χ3n) is 7.33. The zero-order valence-electron chi connectivity index (χ0n) is 20.7. The van der Waals surface area contributed by atoms with Gasteiger partial charge in [-0.05, 0) is 56.0 Å². The van der Waals surface area contributed by atoms with E-state index in [0.717, 1.165) is 16.6 Å². The number of hydrogen-bond donors (Lipinski definition) is 2. The maximum Gasteiger partial charge on any atom is 0.274 e. The van der Waals surface area contributed by atoms with Crippen molar-refractivity contribution in [1.29, 1.82) is 0 Å². The van der Waals surface area contributed by atoms with E-state index in [1.807, 2.05) is 38.1 Å². The lowest BCUT2D eigenvalue weighted by Gasteiger charge is -2.29. The van der Waals surface area contributed by atoms with Gasteiger partial charge in [-0.15, -0.1) is 0 Å². The zero-order chi connectivity index (χ0) is 25.4. The number of carbonyl (C=O) groups is 2. The molecule has 9 heteroatoms. The van der Waals surface area contributed by atoms with Gasteiger partial charge in [0.05, 0.1) is 16.8 Å². The maximum atomic E-state index is 13.7. The summed E-state index contributed by atoms with van der Waals surface area (Å²) >= 11 is 1.45. The molecule has 1 saturated heterocycles. The molecule has 3 aromatic rings. The summed E-state index contributed by atoms with van der Waals surface area (Å²) < 4.78 is 20.9. The molecule has 5 atom stereocenters. The second kappa shape index (κ2) is 9.69. The van der Waals surface area contributed by atoms with Crippen molar-refractivity contribution in [3.05, 3.63) is 54.3 Å². The first-order chi connectivity index (χ1) is 17.3. The lowest BCUT2D eigenvalue weighted by atomic mass is 10.1. The smallest absolute Gasteiger partial charge is 0.274 e. The molecule has 7 nitrogen and oxygen atoms in total. The Bertz CT molecular complexity index is 1260. The number of aromatic nitrogens is 1. The van der Waals surface area contributed by atoms with Gasteiger partial charge in [-0.2, -0.15) is 0 Å². The third-order valence-corrected chi connectivity index (χ3v) is 8.26. The molecular weight excluding hydrogens is 479 g/mol. The number of amides is 2. The molecule has 0 spiro atoms. The highest BCUT2D eigenvalue weighted by Gasteiger charge is 2.51. The fourth-order valence-corrected chi connectivity index (χ4v) is 5.73. The lowest BCUT2D eigenvalue weighted by Crippen LogP contribution is -2.52. The van der Waals surface area contributed by atoms with Crippen molar-refractivity contribution in [1.82, 2.24) is 15.2 Å². The van der Waals surface area contributed by atoms with Gasteiger partial charge < -0.3 is 20.3 Å². The minimum atomic E-state index is -0.648. The number of nitrogens with one attached hydrogen (secondary N) is 2. The molecule has 2 heterocycles. The average molecular weight is 515 g/mol. The van der Waals surface area contributed by atoms with Gasteiger partial charge in [0, 0.05) is 20.5 Å². The maximum absolute atomic E-state index is 13.7. The van der Waals surface area contributed by atoms with Crippen molar-refractivity contribution in [2.75, 3.05) is 11.9 Å². The molecule has 0 unspecified atom stereocenters. The van der Waals surface area contributed by atoms with Crippen LogP contribution in [0.2, 0.25) is 0 Å². The second-order valence-electron chi connectivity index (χ2n) is 10.1. The van der Waals surface area contributed by atoms with Crippen molar-refractivity contribution < 1.29 is 21.6 Å². The SMILES string of the molecule is CC[C@H](Nc1cccc(F)c1)C(=O)N1C[C@H](Oc2nc3ccccc3s2)C[C@H]1C(=O)N[C@]1(C)C[C@H]1C.[HH].[HH]. The first kappa shape index (κ1) is 24.5. The van der Waals surface area contributed by atoms with E-state index < -0.39 is 12.1 Å². The minimum absolute atomic E-state index is 0. The van der Waals surface area contributed by atoms with Gasteiger partial charge >= 0.3 is 0 Å². The summed E-state index contributed by atoms with van der Waals surface area (Å²) in [4.78, 5) is 33.2. The fourth-order valence-electron chi connectivity index (χ4n) is 4.85. The van der Waals surface area contributed by atoms with Crippen LogP contribution >= 0.6 is 11.3 Å². The third kappa shape index (κ3) is 5.02. The van der Waals surface area contributed by atoms with Crippen LogP contribution in [0.5, 0.6) is 5.19 Å². The van der Waals surface area contributed by atoms with Gasteiger partial charge in [0.2, 0.25) is 11.8 Å². The predicted octanol–water partition coefficient (Wildman–Crippen LogP) is 5.08. The highest BCUT2D eigenvalue weighted by molar-refractivity contribution is 7.20. The van der Waals surface area contributed by atoms with Crippen LogP contribution in [0.3, 0.4) is 0 Å². The summed E-state index contributed by atoms with van der Waals surface area (Å²) in [5, 5.41) is 6.83. The number of likely N-dealkylation sites (tertiary alicyclic amines) is 1. The van der Waals surface area contributed by atoms with Gasteiger partial charge in [0.1, 0.15) is 24.0 Å². The van der Waals surface area contributed by atoms with E-state index in [4.69, 9.17) is 4.74 Å². The Labute approximate surface area is 217 Å².